The van der Waals surface area contributed by atoms with Crippen LogP contribution in [-0.4, -0.2) is 29.7 Å². The van der Waals surface area contributed by atoms with E-state index < -0.39 is 5.91 Å². The molecule has 3 aromatic rings. The fraction of sp³-hybridized carbons (Fsp3) is 0.250. The first-order chi connectivity index (χ1) is 13.4. The zero-order valence-corrected chi connectivity index (χ0v) is 16.8. The number of halogens is 1. The number of carbonyl (C=O) groups is 1. The number of aromatic nitrogens is 2. The molecule has 0 fully saturated rings. The summed E-state index contributed by atoms with van der Waals surface area (Å²) in [5.41, 5.74) is 1.30. The van der Waals surface area contributed by atoms with Crippen molar-refractivity contribution < 1.29 is 14.3 Å². The number of nitrogens with zero attached hydrogens (tertiary/aromatic N) is 2. The molecule has 1 N–H and O–H groups in total. The van der Waals surface area contributed by atoms with Crippen molar-refractivity contribution in [3.63, 3.8) is 0 Å². The van der Waals surface area contributed by atoms with Gasteiger partial charge in [-0.1, -0.05) is 11.6 Å². The number of ether oxygens (including phenoxy) is 2. The third-order valence-corrected chi connectivity index (χ3v) is 4.66. The van der Waals surface area contributed by atoms with Gasteiger partial charge in [-0.3, -0.25) is 9.59 Å². The first-order valence-electron chi connectivity index (χ1n) is 8.63. The van der Waals surface area contributed by atoms with Gasteiger partial charge in [0, 0.05) is 24.5 Å². The summed E-state index contributed by atoms with van der Waals surface area (Å²) in [5, 5.41) is 3.40. The molecule has 8 heteroatoms. The van der Waals surface area contributed by atoms with Gasteiger partial charge in [-0.2, -0.15) is 0 Å². The molecule has 2 aromatic heterocycles. The zero-order valence-electron chi connectivity index (χ0n) is 16.0. The number of rotatable bonds is 5. The van der Waals surface area contributed by atoms with E-state index in [-0.39, 0.29) is 11.0 Å². The summed E-state index contributed by atoms with van der Waals surface area (Å²) in [6.07, 6.45) is 1.52. The van der Waals surface area contributed by atoms with Crippen LogP contribution >= 0.6 is 11.6 Å². The van der Waals surface area contributed by atoms with Crippen molar-refractivity contribution in [3.8, 4) is 11.5 Å². The predicted molar refractivity (Wildman–Crippen MR) is 109 cm³/mol. The molecule has 0 aliphatic rings. The first kappa shape index (κ1) is 19.7. The van der Waals surface area contributed by atoms with E-state index in [1.54, 1.807) is 22.8 Å². The summed E-state index contributed by atoms with van der Waals surface area (Å²) >= 11 is 6.15. The smallest absolute Gasteiger partial charge is 0.261 e. The lowest BCUT2D eigenvalue weighted by Crippen LogP contribution is -2.24. The van der Waals surface area contributed by atoms with Gasteiger partial charge >= 0.3 is 0 Å². The van der Waals surface area contributed by atoms with E-state index in [9.17, 15) is 9.59 Å². The van der Waals surface area contributed by atoms with Gasteiger partial charge in [-0.05, 0) is 32.0 Å². The molecule has 0 unspecified atom stereocenters. The summed E-state index contributed by atoms with van der Waals surface area (Å²) in [5.74, 6) is 0.217. The number of carbonyl (C=O) groups excluding carboxylic acids is 1. The molecule has 28 heavy (non-hydrogen) atoms. The molecule has 0 atom stereocenters. The van der Waals surface area contributed by atoms with Crippen LogP contribution in [0.4, 0.5) is 5.69 Å². The molecule has 2 heterocycles. The van der Waals surface area contributed by atoms with Gasteiger partial charge in [0.1, 0.15) is 22.7 Å². The number of pyridine rings is 2. The van der Waals surface area contributed by atoms with Gasteiger partial charge < -0.3 is 19.4 Å². The Morgan fingerprint density at radius 3 is 2.57 bits per heavy atom. The van der Waals surface area contributed by atoms with E-state index in [0.717, 1.165) is 5.69 Å². The Morgan fingerprint density at radius 2 is 1.93 bits per heavy atom. The molecule has 7 nitrogen and oxygen atoms in total. The number of fused-ring (bicyclic) bond motifs is 1. The summed E-state index contributed by atoms with van der Waals surface area (Å²) in [4.78, 5) is 30.2. The van der Waals surface area contributed by atoms with Crippen molar-refractivity contribution in [2.24, 2.45) is 0 Å². The number of anilines is 1. The Balaban J connectivity index is 2.08. The van der Waals surface area contributed by atoms with Crippen LogP contribution in [0.2, 0.25) is 5.02 Å². The standard InChI is InChI=1S/C20H20ClN3O4/c1-5-24-10-13(18(25)12-7-6-11(2)22-19(12)24)20(26)23-15-8-14(21)16(27-3)9-17(15)28-4/h6-10H,5H2,1-4H3,(H,23,26). The van der Waals surface area contributed by atoms with Crippen LogP contribution in [0.15, 0.2) is 35.3 Å². The van der Waals surface area contributed by atoms with E-state index in [0.29, 0.717) is 39.8 Å². The van der Waals surface area contributed by atoms with Crippen molar-refractivity contribution >= 4 is 34.2 Å². The van der Waals surface area contributed by atoms with E-state index >= 15 is 0 Å². The van der Waals surface area contributed by atoms with Crippen molar-refractivity contribution in [3.05, 3.63) is 57.0 Å². The minimum atomic E-state index is -0.561. The average Bonchev–Trinajstić information content (AvgIpc) is 2.68. The third-order valence-electron chi connectivity index (χ3n) is 4.37. The van der Waals surface area contributed by atoms with Crippen LogP contribution in [0.3, 0.4) is 0 Å². The summed E-state index contributed by atoms with van der Waals surface area (Å²) < 4.78 is 12.2. The Bertz CT molecular complexity index is 1120. The average molecular weight is 402 g/mol. The second-order valence-corrected chi connectivity index (χ2v) is 6.53. The molecule has 0 spiro atoms. The third kappa shape index (κ3) is 3.53. The Kier molecular flexibility index (Phi) is 5.56. The first-order valence-corrected chi connectivity index (χ1v) is 9.01. The normalized spacial score (nSPS) is 10.8. The van der Waals surface area contributed by atoms with Crippen LogP contribution in [0.5, 0.6) is 11.5 Å². The van der Waals surface area contributed by atoms with E-state index in [1.807, 2.05) is 13.8 Å². The van der Waals surface area contributed by atoms with Gasteiger partial charge in [-0.25, -0.2) is 4.98 Å². The van der Waals surface area contributed by atoms with Crippen molar-refractivity contribution in [2.75, 3.05) is 19.5 Å². The second-order valence-electron chi connectivity index (χ2n) is 6.12. The van der Waals surface area contributed by atoms with Crippen LogP contribution in [-0.2, 0) is 6.54 Å². The highest BCUT2D eigenvalue weighted by Gasteiger charge is 2.19. The zero-order chi connectivity index (χ0) is 20.4. The molecule has 0 aliphatic heterocycles. The summed E-state index contributed by atoms with van der Waals surface area (Å²) in [7, 11) is 2.95. The molecular formula is C20H20ClN3O4. The Morgan fingerprint density at radius 1 is 1.21 bits per heavy atom. The van der Waals surface area contributed by atoms with Crippen LogP contribution in [0.25, 0.3) is 11.0 Å². The Labute approximate surface area is 166 Å². The van der Waals surface area contributed by atoms with Gasteiger partial charge in [0.25, 0.3) is 5.91 Å². The maximum Gasteiger partial charge on any atom is 0.261 e. The number of amides is 1. The molecule has 0 saturated heterocycles. The lowest BCUT2D eigenvalue weighted by Gasteiger charge is -2.14. The summed E-state index contributed by atoms with van der Waals surface area (Å²) in [6, 6.07) is 6.52. The summed E-state index contributed by atoms with van der Waals surface area (Å²) in [6.45, 7) is 4.33. The molecule has 1 aromatic carbocycles. The number of methoxy groups -OCH3 is 2. The SMILES string of the molecule is CCn1cc(C(=O)Nc2cc(Cl)c(OC)cc2OC)c(=O)c2ccc(C)nc21. The minimum absolute atomic E-state index is 0.00833. The predicted octanol–water partition coefficient (Wildman–Crippen LogP) is 3.65. The van der Waals surface area contributed by atoms with Crippen LogP contribution in [0.1, 0.15) is 23.0 Å². The van der Waals surface area contributed by atoms with Gasteiger partial charge in [-0.15, -0.1) is 0 Å². The number of hydrogen-bond acceptors (Lipinski definition) is 5. The number of benzene rings is 1. The number of aryl methyl sites for hydroxylation is 2. The van der Waals surface area contributed by atoms with Crippen molar-refractivity contribution in [1.82, 2.24) is 9.55 Å². The molecule has 0 bridgehead atoms. The molecule has 0 saturated carbocycles. The topological polar surface area (TPSA) is 82.5 Å². The molecule has 146 valence electrons. The van der Waals surface area contributed by atoms with Crippen molar-refractivity contribution in [1.29, 1.82) is 0 Å². The number of nitrogens with one attached hydrogen (secondary N) is 1. The second kappa shape index (κ2) is 7.90. The molecule has 0 aliphatic carbocycles. The lowest BCUT2D eigenvalue weighted by molar-refractivity contribution is 0.102. The minimum Gasteiger partial charge on any atom is -0.495 e. The maximum absolute atomic E-state index is 12.9. The lowest BCUT2D eigenvalue weighted by atomic mass is 10.1. The van der Waals surface area contributed by atoms with E-state index in [2.05, 4.69) is 10.3 Å². The van der Waals surface area contributed by atoms with Gasteiger partial charge in [0.2, 0.25) is 5.43 Å². The molecule has 1 amide bonds. The van der Waals surface area contributed by atoms with Crippen molar-refractivity contribution in [2.45, 2.75) is 20.4 Å². The van der Waals surface area contributed by atoms with Crippen LogP contribution < -0.4 is 20.2 Å². The highest BCUT2D eigenvalue weighted by atomic mass is 35.5. The van der Waals surface area contributed by atoms with Gasteiger partial charge in [0.05, 0.1) is 30.3 Å². The monoisotopic (exact) mass is 401 g/mol. The van der Waals surface area contributed by atoms with E-state index in [4.69, 9.17) is 21.1 Å². The van der Waals surface area contributed by atoms with E-state index in [1.165, 1.54) is 26.5 Å². The highest BCUT2D eigenvalue weighted by molar-refractivity contribution is 6.32. The Hall–Kier alpha value is -3.06. The quantitative estimate of drug-likeness (QED) is 0.705. The maximum atomic E-state index is 12.9. The largest absolute Gasteiger partial charge is 0.495 e. The molecule has 0 radical (unpaired) electrons. The molecule has 3 rings (SSSR count). The fourth-order valence-corrected chi connectivity index (χ4v) is 3.15. The fourth-order valence-electron chi connectivity index (χ4n) is 2.91. The molecular weight excluding hydrogens is 382 g/mol. The van der Waals surface area contributed by atoms with Crippen LogP contribution in [0, 0.1) is 6.92 Å². The van der Waals surface area contributed by atoms with Gasteiger partial charge in [0.15, 0.2) is 0 Å². The highest BCUT2D eigenvalue weighted by Crippen LogP contribution is 2.36. The number of hydrogen-bond donors (Lipinski definition) is 1.